The summed E-state index contributed by atoms with van der Waals surface area (Å²) in [7, 11) is 1.58. The van der Waals surface area contributed by atoms with Crippen molar-refractivity contribution in [2.75, 3.05) is 18.6 Å². The van der Waals surface area contributed by atoms with Gasteiger partial charge in [0.15, 0.2) is 5.78 Å². The molecule has 4 aliphatic rings. The van der Waals surface area contributed by atoms with Crippen molar-refractivity contribution in [1.82, 2.24) is 4.90 Å². The fourth-order valence-electron chi connectivity index (χ4n) is 7.06. The molecule has 3 fully saturated rings. The van der Waals surface area contributed by atoms with Crippen molar-refractivity contribution in [3.63, 3.8) is 0 Å². The summed E-state index contributed by atoms with van der Waals surface area (Å²) in [4.78, 5) is 45.6. The van der Waals surface area contributed by atoms with Gasteiger partial charge in [-0.05, 0) is 60.0 Å². The second kappa shape index (κ2) is 6.29. The van der Waals surface area contributed by atoms with Crippen LogP contribution in [-0.2, 0) is 15.1 Å². The summed E-state index contributed by atoms with van der Waals surface area (Å²) in [6.07, 6.45) is 1.73. The highest BCUT2D eigenvalue weighted by atomic mass is 16.5. The lowest BCUT2D eigenvalue weighted by molar-refractivity contribution is -0.124. The molecule has 3 heterocycles. The number of ketones is 1. The number of imide groups is 1. The van der Waals surface area contributed by atoms with Crippen LogP contribution in [0, 0.1) is 11.8 Å². The molecule has 0 radical (unpaired) electrons. The fourth-order valence-corrected chi connectivity index (χ4v) is 7.06. The molecule has 33 heavy (non-hydrogen) atoms. The Bertz CT molecular complexity index is 1380. The van der Waals surface area contributed by atoms with Crippen molar-refractivity contribution in [2.24, 2.45) is 11.8 Å². The first kappa shape index (κ1) is 19.0. The number of rotatable bonds is 2. The number of amides is 2. The van der Waals surface area contributed by atoms with Crippen LogP contribution >= 0.6 is 0 Å². The Kier molecular flexibility index (Phi) is 3.62. The molecule has 0 unspecified atom stereocenters. The van der Waals surface area contributed by atoms with Crippen LogP contribution in [0.4, 0.5) is 5.69 Å². The third-order valence-corrected chi connectivity index (χ3v) is 8.20. The van der Waals surface area contributed by atoms with E-state index >= 15 is 0 Å². The summed E-state index contributed by atoms with van der Waals surface area (Å²) in [5.41, 5.74) is 0.972. The van der Waals surface area contributed by atoms with Gasteiger partial charge < -0.3 is 4.74 Å². The van der Waals surface area contributed by atoms with E-state index in [0.717, 1.165) is 35.7 Å². The number of fused-ring (bicyclic) bond motifs is 6. The standard InChI is InChI=1S/C27H22N2O4/c1-33-17-12-10-16(11-13-17)29-25(31)22-20-9-4-14-28(20)27(23(22)26(29)32)19-8-3-6-15-5-2-7-18(21(15)19)24(27)30/h2-3,5-8,10-13,20,22-23H,4,9,14H2,1H3/t20-,22+,23-,27+/m0/s1. The van der Waals surface area contributed by atoms with E-state index in [2.05, 4.69) is 4.90 Å². The maximum atomic E-state index is 14.2. The third kappa shape index (κ3) is 2.06. The van der Waals surface area contributed by atoms with Gasteiger partial charge >= 0.3 is 0 Å². The number of carbonyl (C=O) groups is 3. The minimum atomic E-state index is -1.11. The SMILES string of the molecule is COc1ccc(N2C(=O)[C@H]3[C@@H](C2=O)[C@]2(C(=O)c4cccc5cccc2c45)N2CCC[C@@H]32)cc1. The van der Waals surface area contributed by atoms with Crippen molar-refractivity contribution in [1.29, 1.82) is 0 Å². The zero-order valence-electron chi connectivity index (χ0n) is 18.2. The lowest BCUT2D eigenvalue weighted by atomic mass is 9.74. The highest BCUT2D eigenvalue weighted by Gasteiger charge is 2.74. The summed E-state index contributed by atoms with van der Waals surface area (Å²) in [5.74, 6) is -1.09. The Labute approximate surface area is 190 Å². The van der Waals surface area contributed by atoms with E-state index in [1.807, 2.05) is 36.4 Å². The van der Waals surface area contributed by atoms with Crippen LogP contribution in [0.15, 0.2) is 60.7 Å². The second-order valence-corrected chi connectivity index (χ2v) is 9.42. The van der Waals surface area contributed by atoms with Crippen LogP contribution in [0.2, 0.25) is 0 Å². The molecule has 2 amide bonds. The summed E-state index contributed by atoms with van der Waals surface area (Å²) >= 11 is 0. The van der Waals surface area contributed by atoms with Crippen molar-refractivity contribution in [3.8, 4) is 5.75 Å². The van der Waals surface area contributed by atoms with E-state index in [1.165, 1.54) is 4.90 Å². The summed E-state index contributed by atoms with van der Waals surface area (Å²) in [6, 6.07) is 18.6. The largest absolute Gasteiger partial charge is 0.497 e. The van der Waals surface area contributed by atoms with Gasteiger partial charge in [0, 0.05) is 11.6 Å². The van der Waals surface area contributed by atoms with Crippen LogP contribution in [0.5, 0.6) is 5.75 Å². The van der Waals surface area contributed by atoms with Gasteiger partial charge in [-0.3, -0.25) is 19.3 Å². The van der Waals surface area contributed by atoms with Crippen LogP contribution < -0.4 is 9.64 Å². The number of Topliss-reactive ketones (excluding diaryl/α,β-unsaturated/α-hetero) is 1. The molecule has 1 spiro atoms. The molecule has 0 saturated carbocycles. The first-order valence-corrected chi connectivity index (χ1v) is 11.4. The first-order valence-electron chi connectivity index (χ1n) is 11.4. The summed E-state index contributed by atoms with van der Waals surface area (Å²) in [5, 5.41) is 1.93. The number of anilines is 1. The monoisotopic (exact) mass is 438 g/mol. The number of ether oxygens (including phenoxy) is 1. The minimum absolute atomic E-state index is 0.0357. The highest BCUT2D eigenvalue weighted by molar-refractivity contribution is 6.28. The predicted molar refractivity (Wildman–Crippen MR) is 122 cm³/mol. The zero-order valence-corrected chi connectivity index (χ0v) is 18.2. The Balaban J connectivity index is 1.45. The Hall–Kier alpha value is -3.51. The molecule has 3 aliphatic heterocycles. The average molecular weight is 438 g/mol. The fraction of sp³-hybridized carbons (Fsp3) is 0.296. The van der Waals surface area contributed by atoms with Crippen molar-refractivity contribution in [2.45, 2.75) is 24.4 Å². The van der Waals surface area contributed by atoms with Gasteiger partial charge in [-0.2, -0.15) is 0 Å². The first-order chi connectivity index (χ1) is 16.1. The molecule has 0 bridgehead atoms. The molecule has 3 saturated heterocycles. The molecular formula is C27H22N2O4. The van der Waals surface area contributed by atoms with Crippen molar-refractivity contribution in [3.05, 3.63) is 71.8 Å². The van der Waals surface area contributed by atoms with E-state index < -0.39 is 17.4 Å². The van der Waals surface area contributed by atoms with Crippen LogP contribution in [-0.4, -0.2) is 42.2 Å². The number of methoxy groups -OCH3 is 1. The second-order valence-electron chi connectivity index (χ2n) is 9.42. The number of carbonyl (C=O) groups excluding carboxylic acids is 3. The maximum absolute atomic E-state index is 14.2. The molecule has 7 rings (SSSR count). The van der Waals surface area contributed by atoms with E-state index in [-0.39, 0.29) is 23.6 Å². The maximum Gasteiger partial charge on any atom is 0.240 e. The Morgan fingerprint density at radius 3 is 2.45 bits per heavy atom. The molecule has 6 heteroatoms. The van der Waals surface area contributed by atoms with Gasteiger partial charge in [0.25, 0.3) is 0 Å². The van der Waals surface area contributed by atoms with Crippen molar-refractivity contribution >= 4 is 34.1 Å². The highest BCUT2D eigenvalue weighted by Crippen LogP contribution is 2.61. The van der Waals surface area contributed by atoms with E-state index in [0.29, 0.717) is 17.0 Å². The number of hydrogen-bond acceptors (Lipinski definition) is 5. The Morgan fingerprint density at radius 1 is 0.939 bits per heavy atom. The number of hydrogen-bond donors (Lipinski definition) is 0. The summed E-state index contributed by atoms with van der Waals surface area (Å²) in [6.45, 7) is 0.719. The van der Waals surface area contributed by atoms with Gasteiger partial charge in [-0.1, -0.05) is 36.4 Å². The number of nitrogens with zero attached hydrogens (tertiary/aromatic N) is 2. The van der Waals surface area contributed by atoms with Gasteiger partial charge in [-0.15, -0.1) is 0 Å². The topological polar surface area (TPSA) is 66.9 Å². The lowest BCUT2D eigenvalue weighted by Crippen LogP contribution is -2.53. The molecule has 3 aromatic rings. The molecule has 3 aromatic carbocycles. The van der Waals surface area contributed by atoms with Gasteiger partial charge in [0.05, 0.1) is 24.6 Å². The van der Waals surface area contributed by atoms with Crippen LogP contribution in [0.3, 0.4) is 0 Å². The van der Waals surface area contributed by atoms with E-state index in [1.54, 1.807) is 31.4 Å². The normalized spacial score (nSPS) is 30.0. The van der Waals surface area contributed by atoms with E-state index in [4.69, 9.17) is 4.74 Å². The minimum Gasteiger partial charge on any atom is -0.497 e. The average Bonchev–Trinajstić information content (AvgIpc) is 3.54. The molecule has 164 valence electrons. The number of benzene rings is 3. The van der Waals surface area contributed by atoms with Gasteiger partial charge in [0.2, 0.25) is 11.8 Å². The molecular weight excluding hydrogens is 416 g/mol. The van der Waals surface area contributed by atoms with Crippen LogP contribution in [0.25, 0.3) is 10.8 Å². The quantitative estimate of drug-likeness (QED) is 0.573. The van der Waals surface area contributed by atoms with E-state index in [9.17, 15) is 14.4 Å². The lowest BCUT2D eigenvalue weighted by Gasteiger charge is -2.38. The van der Waals surface area contributed by atoms with Gasteiger partial charge in [0.1, 0.15) is 11.3 Å². The molecule has 6 nitrogen and oxygen atoms in total. The molecule has 0 N–H and O–H groups in total. The van der Waals surface area contributed by atoms with Crippen LogP contribution in [0.1, 0.15) is 28.8 Å². The predicted octanol–water partition coefficient (Wildman–Crippen LogP) is 3.52. The molecule has 0 aromatic heterocycles. The van der Waals surface area contributed by atoms with Gasteiger partial charge in [-0.25, -0.2) is 4.90 Å². The molecule has 1 aliphatic carbocycles. The van der Waals surface area contributed by atoms with Crippen molar-refractivity contribution < 1.29 is 19.1 Å². The molecule has 4 atom stereocenters. The Morgan fingerprint density at radius 2 is 1.70 bits per heavy atom. The summed E-state index contributed by atoms with van der Waals surface area (Å²) < 4.78 is 5.24. The third-order valence-electron chi connectivity index (χ3n) is 8.20. The zero-order chi connectivity index (χ0) is 22.5. The smallest absolute Gasteiger partial charge is 0.240 e.